The summed E-state index contributed by atoms with van der Waals surface area (Å²) in [6.07, 6.45) is -5.15. The molecule has 1 heterocycles. The molecular formula is C12H14F3NO5. The second-order valence-electron chi connectivity index (χ2n) is 4.53. The number of imide groups is 1. The van der Waals surface area contributed by atoms with Crippen LogP contribution in [0.25, 0.3) is 0 Å². The van der Waals surface area contributed by atoms with Crippen molar-refractivity contribution in [1.29, 1.82) is 0 Å². The van der Waals surface area contributed by atoms with Gasteiger partial charge in [0.1, 0.15) is 0 Å². The zero-order valence-corrected chi connectivity index (χ0v) is 11.1. The minimum Gasteiger partial charge on any atom is -0.330 e. The summed E-state index contributed by atoms with van der Waals surface area (Å²) in [5, 5.41) is 0.412. The van der Waals surface area contributed by atoms with E-state index in [4.69, 9.17) is 0 Å². The van der Waals surface area contributed by atoms with Gasteiger partial charge in [-0.2, -0.15) is 13.2 Å². The fourth-order valence-electron chi connectivity index (χ4n) is 1.68. The smallest absolute Gasteiger partial charge is 0.330 e. The van der Waals surface area contributed by atoms with Crippen LogP contribution in [0.4, 0.5) is 13.2 Å². The molecule has 6 nitrogen and oxygen atoms in total. The minimum atomic E-state index is -4.82. The lowest BCUT2D eigenvalue weighted by atomic mass is 10.1. The number of hydrogen-bond acceptors (Lipinski definition) is 5. The van der Waals surface area contributed by atoms with Gasteiger partial charge in [-0.25, -0.2) is 4.79 Å². The lowest BCUT2D eigenvalue weighted by Gasteiger charge is -2.12. The van der Waals surface area contributed by atoms with Crippen molar-refractivity contribution in [2.75, 3.05) is 0 Å². The van der Waals surface area contributed by atoms with Crippen LogP contribution in [0.1, 0.15) is 44.9 Å². The van der Waals surface area contributed by atoms with E-state index >= 15 is 0 Å². The largest absolute Gasteiger partial charge is 0.449 e. The Balaban J connectivity index is 2.16. The van der Waals surface area contributed by atoms with Crippen LogP contribution >= 0.6 is 0 Å². The highest BCUT2D eigenvalue weighted by atomic mass is 19.4. The standard InChI is InChI=1S/C12H14F3NO5/c13-12(14,15)8(17)4-2-1-3-5-11(20)21-16-9(18)6-7-10(16)19/h1-7H2. The van der Waals surface area contributed by atoms with E-state index in [2.05, 4.69) is 4.84 Å². The van der Waals surface area contributed by atoms with Crippen LogP contribution in [-0.2, 0) is 24.0 Å². The van der Waals surface area contributed by atoms with E-state index in [0.717, 1.165) is 0 Å². The molecule has 9 heteroatoms. The number of rotatable bonds is 7. The van der Waals surface area contributed by atoms with E-state index in [1.165, 1.54) is 0 Å². The molecule has 1 rings (SSSR count). The number of hydroxylamine groups is 2. The molecule has 0 spiro atoms. The fraction of sp³-hybridized carbons (Fsp3) is 0.667. The zero-order valence-electron chi connectivity index (χ0n) is 11.1. The van der Waals surface area contributed by atoms with E-state index < -0.39 is 36.2 Å². The van der Waals surface area contributed by atoms with Gasteiger partial charge in [-0.15, -0.1) is 5.06 Å². The molecular weight excluding hydrogens is 295 g/mol. The Bertz CT molecular complexity index is 431. The topological polar surface area (TPSA) is 80.8 Å². The normalized spacial score (nSPS) is 15.5. The molecule has 1 aliphatic heterocycles. The molecule has 0 radical (unpaired) electrons. The highest BCUT2D eigenvalue weighted by Crippen LogP contribution is 2.20. The number of carbonyl (C=O) groups is 4. The van der Waals surface area contributed by atoms with Crippen LogP contribution in [0.5, 0.6) is 0 Å². The van der Waals surface area contributed by atoms with Crippen LogP contribution < -0.4 is 0 Å². The van der Waals surface area contributed by atoms with Gasteiger partial charge in [0.05, 0.1) is 0 Å². The number of ketones is 1. The van der Waals surface area contributed by atoms with Crippen LogP contribution in [0.15, 0.2) is 0 Å². The van der Waals surface area contributed by atoms with Crippen LogP contribution in [0.3, 0.4) is 0 Å². The summed E-state index contributed by atoms with van der Waals surface area (Å²) in [5.41, 5.74) is 0. The van der Waals surface area contributed by atoms with Crippen molar-refractivity contribution in [3.63, 3.8) is 0 Å². The molecule has 0 aromatic rings. The molecule has 118 valence electrons. The Morgan fingerprint density at radius 2 is 1.52 bits per heavy atom. The Hall–Kier alpha value is -1.93. The number of alkyl halides is 3. The van der Waals surface area contributed by atoms with Gasteiger partial charge in [0, 0.05) is 25.7 Å². The highest BCUT2D eigenvalue weighted by molar-refractivity contribution is 6.01. The third kappa shape index (κ3) is 5.52. The predicted octanol–water partition coefficient (Wildman–Crippen LogP) is 1.68. The highest BCUT2D eigenvalue weighted by Gasteiger charge is 2.37. The van der Waals surface area contributed by atoms with Gasteiger partial charge in [0.25, 0.3) is 11.8 Å². The third-order valence-corrected chi connectivity index (χ3v) is 2.80. The molecule has 0 aliphatic carbocycles. The molecule has 0 aromatic heterocycles. The summed E-state index contributed by atoms with van der Waals surface area (Å²) in [4.78, 5) is 48.8. The number of nitrogens with zero attached hydrogens (tertiary/aromatic N) is 1. The average Bonchev–Trinajstić information content (AvgIpc) is 2.68. The van der Waals surface area contributed by atoms with Crippen LogP contribution in [-0.4, -0.2) is 34.8 Å². The van der Waals surface area contributed by atoms with E-state index in [0.29, 0.717) is 5.06 Å². The first kappa shape index (κ1) is 17.1. The quantitative estimate of drug-likeness (QED) is 0.528. The van der Waals surface area contributed by atoms with Crippen molar-refractivity contribution >= 4 is 23.6 Å². The Morgan fingerprint density at radius 1 is 1.00 bits per heavy atom. The van der Waals surface area contributed by atoms with E-state index in [-0.39, 0.29) is 38.5 Å². The molecule has 1 fully saturated rings. The number of Topliss-reactive ketones (excluding diaryl/α,β-unsaturated/α-hetero) is 1. The zero-order chi connectivity index (χ0) is 16.0. The number of halogens is 3. The van der Waals surface area contributed by atoms with Crippen molar-refractivity contribution in [1.82, 2.24) is 5.06 Å². The molecule has 1 saturated heterocycles. The maximum atomic E-state index is 11.9. The molecule has 0 aromatic carbocycles. The molecule has 21 heavy (non-hydrogen) atoms. The number of hydrogen-bond donors (Lipinski definition) is 0. The molecule has 2 amide bonds. The van der Waals surface area contributed by atoms with Gasteiger partial charge < -0.3 is 4.84 Å². The minimum absolute atomic E-state index is 0.00714. The van der Waals surface area contributed by atoms with Crippen LogP contribution in [0, 0.1) is 0 Å². The molecule has 1 aliphatic rings. The molecule has 0 unspecified atom stereocenters. The van der Waals surface area contributed by atoms with Crippen molar-refractivity contribution in [3.8, 4) is 0 Å². The van der Waals surface area contributed by atoms with Crippen molar-refractivity contribution in [2.24, 2.45) is 0 Å². The van der Waals surface area contributed by atoms with Crippen molar-refractivity contribution < 1.29 is 37.2 Å². The maximum absolute atomic E-state index is 11.9. The summed E-state index contributed by atoms with van der Waals surface area (Å²) in [7, 11) is 0. The summed E-state index contributed by atoms with van der Waals surface area (Å²) < 4.78 is 35.7. The second kappa shape index (κ2) is 7.19. The molecule has 0 atom stereocenters. The Kier molecular flexibility index (Phi) is 5.86. The van der Waals surface area contributed by atoms with Gasteiger partial charge in [0.15, 0.2) is 0 Å². The van der Waals surface area contributed by atoms with E-state index in [1.807, 2.05) is 0 Å². The monoisotopic (exact) mass is 309 g/mol. The van der Waals surface area contributed by atoms with E-state index in [9.17, 15) is 32.3 Å². The van der Waals surface area contributed by atoms with Crippen LogP contribution in [0.2, 0.25) is 0 Å². The van der Waals surface area contributed by atoms with Gasteiger partial charge >= 0.3 is 12.1 Å². The Morgan fingerprint density at radius 3 is 2.05 bits per heavy atom. The lowest BCUT2D eigenvalue weighted by Crippen LogP contribution is -2.31. The predicted molar refractivity (Wildman–Crippen MR) is 61.3 cm³/mol. The summed E-state index contributed by atoms with van der Waals surface area (Å²) >= 11 is 0. The number of amides is 2. The molecule has 0 bridgehead atoms. The first-order valence-electron chi connectivity index (χ1n) is 6.38. The molecule has 0 N–H and O–H groups in total. The fourth-order valence-corrected chi connectivity index (χ4v) is 1.68. The summed E-state index contributed by atoms with van der Waals surface area (Å²) in [5.74, 6) is -3.78. The third-order valence-electron chi connectivity index (χ3n) is 2.80. The maximum Gasteiger partial charge on any atom is 0.449 e. The first-order chi connectivity index (χ1) is 9.71. The van der Waals surface area contributed by atoms with Gasteiger partial charge in [0.2, 0.25) is 5.78 Å². The SMILES string of the molecule is O=C(CCCCCC(=O)C(F)(F)F)ON1C(=O)CCC1=O. The second-order valence-corrected chi connectivity index (χ2v) is 4.53. The van der Waals surface area contributed by atoms with Crippen molar-refractivity contribution in [3.05, 3.63) is 0 Å². The van der Waals surface area contributed by atoms with Gasteiger partial charge in [-0.05, 0) is 12.8 Å². The number of carbonyl (C=O) groups excluding carboxylic acids is 4. The molecule has 0 saturated carbocycles. The van der Waals surface area contributed by atoms with Crippen molar-refractivity contribution in [2.45, 2.75) is 51.1 Å². The Labute approximate surface area is 118 Å². The van der Waals surface area contributed by atoms with Gasteiger partial charge in [-0.1, -0.05) is 6.42 Å². The number of unbranched alkanes of at least 4 members (excludes halogenated alkanes) is 2. The average molecular weight is 309 g/mol. The summed E-state index contributed by atoms with van der Waals surface area (Å²) in [6, 6.07) is 0. The van der Waals surface area contributed by atoms with Gasteiger partial charge in [-0.3, -0.25) is 14.4 Å². The lowest BCUT2D eigenvalue weighted by molar-refractivity contribution is -0.197. The van der Waals surface area contributed by atoms with E-state index in [1.54, 1.807) is 0 Å². The summed E-state index contributed by atoms with van der Waals surface area (Å²) in [6.45, 7) is 0. The first-order valence-corrected chi connectivity index (χ1v) is 6.38.